The van der Waals surface area contributed by atoms with Crippen LogP contribution in [0.3, 0.4) is 0 Å². The maximum atomic E-state index is 12.6. The van der Waals surface area contributed by atoms with E-state index in [0.717, 1.165) is 25.7 Å². The predicted molar refractivity (Wildman–Crippen MR) is 80.6 cm³/mol. The highest BCUT2D eigenvalue weighted by molar-refractivity contribution is 7.89. The average molecular weight is 297 g/mol. The van der Waals surface area contributed by atoms with E-state index in [1.165, 1.54) is 0 Å². The summed E-state index contributed by atoms with van der Waals surface area (Å²) in [7, 11) is -3.57. The highest BCUT2D eigenvalue weighted by atomic mass is 32.2. The van der Waals surface area contributed by atoms with Crippen LogP contribution in [0.25, 0.3) is 0 Å². The predicted octanol–water partition coefficient (Wildman–Crippen LogP) is 2.22. The number of rotatable bonds is 4. The van der Waals surface area contributed by atoms with Gasteiger partial charge in [-0.1, -0.05) is 38.8 Å². The van der Waals surface area contributed by atoms with E-state index in [1.54, 1.807) is 24.3 Å². The Morgan fingerprint density at radius 3 is 2.60 bits per heavy atom. The number of hydrogen-bond acceptors (Lipinski definition) is 4. The summed E-state index contributed by atoms with van der Waals surface area (Å²) in [6.45, 7) is 4.23. The number of para-hydroxylation sites is 1. The Kier molecular flexibility index (Phi) is 4.36. The molecule has 0 saturated heterocycles. The fourth-order valence-corrected chi connectivity index (χ4v) is 4.40. The normalized spacial score (nSPS) is 22.4. The molecule has 1 saturated carbocycles. The maximum Gasteiger partial charge on any atom is 0.242 e. The smallest absolute Gasteiger partial charge is 0.242 e. The van der Waals surface area contributed by atoms with Gasteiger partial charge in [-0.3, -0.25) is 5.84 Å². The molecule has 1 atom stereocenters. The Bertz CT molecular complexity index is 570. The van der Waals surface area contributed by atoms with E-state index in [2.05, 4.69) is 24.0 Å². The van der Waals surface area contributed by atoms with Crippen LogP contribution in [-0.2, 0) is 10.0 Å². The zero-order chi connectivity index (χ0) is 14.8. The maximum absolute atomic E-state index is 12.6. The van der Waals surface area contributed by atoms with Gasteiger partial charge >= 0.3 is 0 Å². The van der Waals surface area contributed by atoms with Crippen molar-refractivity contribution in [1.29, 1.82) is 0 Å². The molecule has 0 spiro atoms. The van der Waals surface area contributed by atoms with Gasteiger partial charge in [-0.15, -0.1) is 0 Å². The highest BCUT2D eigenvalue weighted by Crippen LogP contribution is 2.36. The summed E-state index contributed by atoms with van der Waals surface area (Å²) in [5, 5.41) is 0. The molecule has 112 valence electrons. The summed E-state index contributed by atoms with van der Waals surface area (Å²) >= 11 is 0. The molecule has 1 unspecified atom stereocenters. The largest absolute Gasteiger partial charge is 0.323 e. The molecule has 0 bridgehead atoms. The fraction of sp³-hybridized carbons (Fsp3) is 0.571. The number of anilines is 1. The van der Waals surface area contributed by atoms with Crippen LogP contribution in [-0.4, -0.2) is 14.5 Å². The molecule has 1 aliphatic rings. The monoisotopic (exact) mass is 297 g/mol. The van der Waals surface area contributed by atoms with Crippen LogP contribution in [0.2, 0.25) is 0 Å². The fourth-order valence-electron chi connectivity index (χ4n) is 2.78. The summed E-state index contributed by atoms with van der Waals surface area (Å²) < 4.78 is 28.0. The van der Waals surface area contributed by atoms with Crippen molar-refractivity contribution in [2.45, 2.75) is 50.5 Å². The Balaban J connectivity index is 2.27. The lowest BCUT2D eigenvalue weighted by Gasteiger charge is -2.38. The van der Waals surface area contributed by atoms with Gasteiger partial charge in [-0.2, -0.15) is 0 Å². The molecule has 20 heavy (non-hydrogen) atoms. The van der Waals surface area contributed by atoms with Crippen LogP contribution < -0.4 is 16.0 Å². The molecule has 0 aliphatic heterocycles. The first-order chi connectivity index (χ1) is 9.37. The summed E-state index contributed by atoms with van der Waals surface area (Å²) in [6.07, 6.45) is 4.14. The third-order valence-electron chi connectivity index (χ3n) is 4.14. The molecule has 5 nitrogen and oxygen atoms in total. The minimum atomic E-state index is -3.57. The van der Waals surface area contributed by atoms with E-state index in [-0.39, 0.29) is 16.4 Å². The molecule has 6 heteroatoms. The molecule has 0 aromatic heterocycles. The number of hydrogen-bond donors (Lipinski definition) is 3. The Morgan fingerprint density at radius 1 is 1.25 bits per heavy atom. The Labute approximate surface area is 121 Å². The standard InChI is InChI=1S/C14H23N3O2S/c1-14(2)10-6-5-9-13(14)17-20(18,19)12-8-4-3-7-11(12)16-15/h3-4,7-8,13,16-17H,5-6,9-10,15H2,1-2H3. The van der Waals surface area contributed by atoms with Gasteiger partial charge < -0.3 is 5.43 Å². The summed E-state index contributed by atoms with van der Waals surface area (Å²) in [6, 6.07) is 6.63. The molecule has 1 aliphatic carbocycles. The quantitative estimate of drug-likeness (QED) is 0.587. The van der Waals surface area contributed by atoms with Crippen molar-refractivity contribution in [3.05, 3.63) is 24.3 Å². The zero-order valence-corrected chi connectivity index (χ0v) is 12.8. The van der Waals surface area contributed by atoms with Crippen LogP contribution in [0.4, 0.5) is 5.69 Å². The third-order valence-corrected chi connectivity index (χ3v) is 5.67. The lowest BCUT2D eigenvalue weighted by atomic mass is 9.74. The molecular formula is C14H23N3O2S. The van der Waals surface area contributed by atoms with E-state index in [9.17, 15) is 8.42 Å². The number of nitrogens with two attached hydrogens (primary N) is 1. The van der Waals surface area contributed by atoms with Gasteiger partial charge in [0.15, 0.2) is 0 Å². The van der Waals surface area contributed by atoms with Crippen LogP contribution in [0.5, 0.6) is 0 Å². The third kappa shape index (κ3) is 3.13. The van der Waals surface area contributed by atoms with Gasteiger partial charge in [-0.05, 0) is 30.4 Å². The highest BCUT2D eigenvalue weighted by Gasteiger charge is 2.35. The van der Waals surface area contributed by atoms with Gasteiger partial charge in [0.25, 0.3) is 0 Å². The minimum absolute atomic E-state index is 0.0175. The summed E-state index contributed by atoms with van der Waals surface area (Å²) in [4.78, 5) is 0.198. The topological polar surface area (TPSA) is 84.2 Å². The molecule has 0 heterocycles. The van der Waals surface area contributed by atoms with Crippen molar-refractivity contribution in [2.24, 2.45) is 11.3 Å². The number of benzene rings is 1. The Hall–Kier alpha value is -1.11. The van der Waals surface area contributed by atoms with Gasteiger partial charge in [0, 0.05) is 6.04 Å². The van der Waals surface area contributed by atoms with Gasteiger partial charge in [-0.25, -0.2) is 13.1 Å². The zero-order valence-electron chi connectivity index (χ0n) is 12.0. The van der Waals surface area contributed by atoms with Crippen molar-refractivity contribution < 1.29 is 8.42 Å². The molecular weight excluding hydrogens is 274 g/mol. The average Bonchev–Trinajstić information content (AvgIpc) is 2.41. The first kappa shape index (κ1) is 15.3. The van der Waals surface area contributed by atoms with E-state index < -0.39 is 10.0 Å². The van der Waals surface area contributed by atoms with Crippen molar-refractivity contribution in [2.75, 3.05) is 5.43 Å². The second kappa shape index (κ2) is 5.71. The van der Waals surface area contributed by atoms with E-state index >= 15 is 0 Å². The van der Waals surface area contributed by atoms with E-state index in [1.807, 2.05) is 0 Å². The van der Waals surface area contributed by atoms with Crippen LogP contribution in [0.15, 0.2) is 29.2 Å². The van der Waals surface area contributed by atoms with E-state index in [0.29, 0.717) is 5.69 Å². The number of hydrazine groups is 1. The SMILES string of the molecule is CC1(C)CCCCC1NS(=O)(=O)c1ccccc1NN. The summed E-state index contributed by atoms with van der Waals surface area (Å²) in [5.74, 6) is 5.39. The molecule has 1 aromatic carbocycles. The second-order valence-electron chi connectivity index (χ2n) is 6.05. The lowest BCUT2D eigenvalue weighted by Crippen LogP contribution is -2.46. The number of nitrogen functional groups attached to an aromatic ring is 1. The second-order valence-corrected chi connectivity index (χ2v) is 7.73. The van der Waals surface area contributed by atoms with Gasteiger partial charge in [0.2, 0.25) is 10.0 Å². The van der Waals surface area contributed by atoms with Gasteiger partial charge in [0.1, 0.15) is 4.90 Å². The van der Waals surface area contributed by atoms with Crippen molar-refractivity contribution in [3.63, 3.8) is 0 Å². The van der Waals surface area contributed by atoms with Crippen molar-refractivity contribution in [1.82, 2.24) is 4.72 Å². The molecule has 2 rings (SSSR count). The van der Waals surface area contributed by atoms with Crippen LogP contribution >= 0.6 is 0 Å². The van der Waals surface area contributed by atoms with Crippen LogP contribution in [0.1, 0.15) is 39.5 Å². The Morgan fingerprint density at radius 2 is 1.95 bits per heavy atom. The van der Waals surface area contributed by atoms with Gasteiger partial charge in [0.05, 0.1) is 5.69 Å². The molecule has 0 amide bonds. The number of nitrogens with one attached hydrogen (secondary N) is 2. The molecule has 4 N–H and O–H groups in total. The molecule has 1 fully saturated rings. The van der Waals surface area contributed by atoms with E-state index in [4.69, 9.17) is 5.84 Å². The minimum Gasteiger partial charge on any atom is -0.323 e. The first-order valence-electron chi connectivity index (χ1n) is 6.95. The summed E-state index contributed by atoms with van der Waals surface area (Å²) in [5.41, 5.74) is 2.83. The lowest BCUT2D eigenvalue weighted by molar-refractivity contribution is 0.188. The van der Waals surface area contributed by atoms with Crippen molar-refractivity contribution >= 4 is 15.7 Å². The first-order valence-corrected chi connectivity index (χ1v) is 8.43. The van der Waals surface area contributed by atoms with Crippen LogP contribution in [0, 0.1) is 5.41 Å². The molecule has 1 aromatic rings. The van der Waals surface area contributed by atoms with Crippen molar-refractivity contribution in [3.8, 4) is 0 Å². The molecule has 0 radical (unpaired) electrons. The number of sulfonamides is 1.